The minimum atomic E-state index is -1.14. The molecule has 0 saturated carbocycles. The van der Waals surface area contributed by atoms with E-state index in [0.717, 1.165) is 19.3 Å². The van der Waals surface area contributed by atoms with E-state index in [1.807, 2.05) is 27.7 Å². The zero-order chi connectivity index (χ0) is 27.6. The lowest BCUT2D eigenvalue weighted by atomic mass is 9.70. The molecule has 1 aromatic rings. The minimum absolute atomic E-state index is 0.0433. The van der Waals surface area contributed by atoms with Gasteiger partial charge in [0.25, 0.3) is 0 Å². The number of aliphatic hydroxyl groups is 1. The normalized spacial score (nSPS) is 31.2. The van der Waals surface area contributed by atoms with Crippen molar-refractivity contribution in [2.75, 3.05) is 25.1 Å². The smallest absolute Gasteiger partial charge is 0.245 e. The van der Waals surface area contributed by atoms with Crippen LogP contribution >= 0.6 is 15.9 Å². The van der Waals surface area contributed by atoms with Gasteiger partial charge in [-0.25, -0.2) is 0 Å². The maximum absolute atomic E-state index is 14.2. The second kappa shape index (κ2) is 11.9. The van der Waals surface area contributed by atoms with Gasteiger partial charge in [-0.05, 0) is 49.9 Å². The van der Waals surface area contributed by atoms with Crippen molar-refractivity contribution >= 4 is 39.3 Å². The van der Waals surface area contributed by atoms with Gasteiger partial charge in [0.15, 0.2) is 0 Å². The zero-order valence-electron chi connectivity index (χ0n) is 22.6. The van der Waals surface area contributed by atoms with Crippen LogP contribution in [0.25, 0.3) is 0 Å². The van der Waals surface area contributed by atoms with Crippen molar-refractivity contribution in [3.8, 4) is 5.75 Å². The van der Waals surface area contributed by atoms with Crippen LogP contribution in [0.15, 0.2) is 24.3 Å². The number of benzene rings is 1. The molecule has 3 unspecified atom stereocenters. The maximum Gasteiger partial charge on any atom is 0.245 e. The average Bonchev–Trinajstić information content (AvgIpc) is 3.49. The highest BCUT2D eigenvalue weighted by molar-refractivity contribution is 9.09. The van der Waals surface area contributed by atoms with E-state index in [2.05, 4.69) is 26.6 Å². The van der Waals surface area contributed by atoms with Crippen LogP contribution in [0.1, 0.15) is 53.4 Å². The molecule has 0 radical (unpaired) electrons. The molecule has 3 saturated heterocycles. The number of carbonyl (C=O) groups excluding carboxylic acids is 3. The summed E-state index contributed by atoms with van der Waals surface area (Å²) in [6, 6.07) is 5.60. The fraction of sp³-hybridized carbons (Fsp3) is 0.679. The molecule has 0 aromatic heterocycles. The molecule has 3 heterocycles. The van der Waals surface area contributed by atoms with Crippen molar-refractivity contribution in [1.29, 1.82) is 0 Å². The number of nitrogens with zero attached hydrogens (tertiary/aromatic N) is 1. The largest absolute Gasteiger partial charge is 0.494 e. The van der Waals surface area contributed by atoms with Crippen LogP contribution in [0.5, 0.6) is 5.75 Å². The second-order valence-corrected chi connectivity index (χ2v) is 11.8. The zero-order valence-corrected chi connectivity index (χ0v) is 24.2. The lowest BCUT2D eigenvalue weighted by Gasteiger charge is -2.38. The molecule has 3 fully saturated rings. The summed E-state index contributed by atoms with van der Waals surface area (Å²) in [4.78, 5) is 42.9. The lowest BCUT2D eigenvalue weighted by molar-refractivity contribution is -0.146. The molecule has 0 aliphatic carbocycles. The molecular weight excluding hydrogens is 554 g/mol. The summed E-state index contributed by atoms with van der Waals surface area (Å²) in [6.45, 7) is 8.67. The van der Waals surface area contributed by atoms with Crippen molar-refractivity contribution in [3.63, 3.8) is 0 Å². The number of aliphatic hydroxyl groups excluding tert-OH is 1. The molecule has 3 N–H and O–H groups in total. The van der Waals surface area contributed by atoms with Crippen molar-refractivity contribution in [3.05, 3.63) is 24.3 Å². The van der Waals surface area contributed by atoms with Crippen molar-refractivity contribution < 1.29 is 29.0 Å². The Morgan fingerprint density at radius 3 is 2.55 bits per heavy atom. The van der Waals surface area contributed by atoms with E-state index >= 15 is 0 Å². The highest BCUT2D eigenvalue weighted by Gasteiger charge is 2.77. The monoisotopic (exact) mass is 593 g/mol. The first-order chi connectivity index (χ1) is 18.2. The molecular formula is C28H40BrN3O6. The molecule has 38 heavy (non-hydrogen) atoms. The van der Waals surface area contributed by atoms with Crippen LogP contribution in [0, 0.1) is 17.8 Å². The molecule has 3 amide bonds. The summed E-state index contributed by atoms with van der Waals surface area (Å²) >= 11 is 3.69. The van der Waals surface area contributed by atoms with Gasteiger partial charge in [-0.3, -0.25) is 14.4 Å². The number of fused-ring (bicyclic) bond motifs is 1. The molecule has 10 heteroatoms. The predicted molar refractivity (Wildman–Crippen MR) is 147 cm³/mol. The molecule has 8 atom stereocenters. The third-order valence-electron chi connectivity index (χ3n) is 8.39. The first-order valence-corrected chi connectivity index (χ1v) is 14.7. The Morgan fingerprint density at radius 1 is 1.24 bits per heavy atom. The Hall–Kier alpha value is -2.17. The highest BCUT2D eigenvalue weighted by Crippen LogP contribution is 2.60. The van der Waals surface area contributed by atoms with Crippen LogP contribution in [-0.2, 0) is 19.1 Å². The van der Waals surface area contributed by atoms with E-state index in [4.69, 9.17) is 9.47 Å². The Morgan fingerprint density at radius 2 is 1.95 bits per heavy atom. The van der Waals surface area contributed by atoms with Crippen LogP contribution in [0.4, 0.5) is 5.69 Å². The summed E-state index contributed by atoms with van der Waals surface area (Å²) in [5.41, 5.74) is -0.557. The fourth-order valence-electron chi connectivity index (χ4n) is 6.35. The van der Waals surface area contributed by atoms with E-state index in [1.54, 1.807) is 29.2 Å². The quantitative estimate of drug-likeness (QED) is 0.253. The van der Waals surface area contributed by atoms with Crippen LogP contribution in [-0.4, -0.2) is 76.1 Å². The van der Waals surface area contributed by atoms with E-state index in [1.165, 1.54) is 0 Å². The van der Waals surface area contributed by atoms with E-state index < -0.39 is 35.6 Å². The van der Waals surface area contributed by atoms with Crippen LogP contribution < -0.4 is 15.4 Å². The third kappa shape index (κ3) is 4.95. The molecule has 2 bridgehead atoms. The Balaban J connectivity index is 1.68. The number of anilines is 1. The maximum atomic E-state index is 14.2. The standard InChI is InChI=1S/C28H40BrN3O6/c1-5-8-13-30-26(35)24-28-14-19(29)23(38-28)21(22(28)27(36)32(24)20(15-33)16(4)6-2)25(34)31-17-9-11-18(12-10-17)37-7-3/h9-12,16,19-24,33H,5-8,13-15H2,1-4H3,(H,30,35)(H,31,34)/t16-,19?,20-,21-,22-,23-,24?,28?/m0/s1. The Kier molecular flexibility index (Phi) is 9.04. The first kappa shape index (κ1) is 28.8. The molecule has 1 spiro atoms. The molecule has 4 rings (SSSR count). The second-order valence-electron chi connectivity index (χ2n) is 10.6. The number of alkyl halides is 1. The predicted octanol–water partition coefficient (Wildman–Crippen LogP) is 3.10. The van der Waals surface area contributed by atoms with Crippen LogP contribution in [0.3, 0.4) is 0 Å². The first-order valence-electron chi connectivity index (χ1n) is 13.8. The number of amides is 3. The number of nitrogens with one attached hydrogen (secondary N) is 2. The SMILES string of the molecule is CCCCNC(=O)C1N([C@@H](CO)[C@@H](C)CC)C(=O)[C@@H]2[C@H](C(=O)Nc3ccc(OCC)cc3)[C@H]3OC12CC3Br. The van der Waals surface area contributed by atoms with E-state index in [-0.39, 0.29) is 35.1 Å². The number of hydrogen-bond acceptors (Lipinski definition) is 6. The van der Waals surface area contributed by atoms with E-state index in [9.17, 15) is 19.5 Å². The summed E-state index contributed by atoms with van der Waals surface area (Å²) in [6.07, 6.45) is 2.35. The van der Waals surface area contributed by atoms with Gasteiger partial charge in [-0.15, -0.1) is 0 Å². The lowest BCUT2D eigenvalue weighted by Crippen LogP contribution is -2.59. The van der Waals surface area contributed by atoms with Crippen molar-refractivity contribution in [2.45, 2.75) is 82.0 Å². The molecule has 9 nitrogen and oxygen atoms in total. The van der Waals surface area contributed by atoms with Crippen molar-refractivity contribution in [1.82, 2.24) is 10.2 Å². The number of hydrogen-bond donors (Lipinski definition) is 3. The highest BCUT2D eigenvalue weighted by atomic mass is 79.9. The van der Waals surface area contributed by atoms with Gasteiger partial charge in [0.05, 0.1) is 37.2 Å². The molecule has 3 aliphatic rings. The Bertz CT molecular complexity index is 1020. The number of ether oxygens (including phenoxy) is 2. The van der Waals surface area contributed by atoms with Crippen molar-refractivity contribution in [2.24, 2.45) is 17.8 Å². The van der Waals surface area contributed by atoms with Gasteiger partial charge in [0.2, 0.25) is 17.7 Å². The third-order valence-corrected chi connectivity index (χ3v) is 9.23. The number of carbonyl (C=O) groups is 3. The van der Waals surface area contributed by atoms with Gasteiger partial charge in [-0.2, -0.15) is 0 Å². The summed E-state index contributed by atoms with van der Waals surface area (Å²) in [5, 5.41) is 16.3. The number of unbranched alkanes of at least 4 members (excludes halogenated alkanes) is 1. The topological polar surface area (TPSA) is 117 Å². The van der Waals surface area contributed by atoms with Gasteiger partial charge in [-0.1, -0.05) is 49.5 Å². The number of likely N-dealkylation sites (tertiary alicyclic amines) is 1. The van der Waals surface area contributed by atoms with Gasteiger partial charge < -0.3 is 30.1 Å². The van der Waals surface area contributed by atoms with E-state index in [0.29, 0.717) is 31.0 Å². The van der Waals surface area contributed by atoms with Gasteiger partial charge in [0.1, 0.15) is 17.4 Å². The fourth-order valence-corrected chi connectivity index (χ4v) is 7.29. The minimum Gasteiger partial charge on any atom is -0.494 e. The number of halogens is 1. The molecule has 1 aromatic carbocycles. The summed E-state index contributed by atoms with van der Waals surface area (Å²) in [5.74, 6) is -1.84. The summed E-state index contributed by atoms with van der Waals surface area (Å²) < 4.78 is 12.0. The molecule has 210 valence electrons. The summed E-state index contributed by atoms with van der Waals surface area (Å²) in [7, 11) is 0. The molecule has 3 aliphatic heterocycles. The van der Waals surface area contributed by atoms with Crippen LogP contribution in [0.2, 0.25) is 0 Å². The Labute approximate surface area is 233 Å². The van der Waals surface area contributed by atoms with Gasteiger partial charge in [0, 0.05) is 17.1 Å². The average molecular weight is 595 g/mol. The van der Waals surface area contributed by atoms with Gasteiger partial charge >= 0.3 is 0 Å². The number of rotatable bonds is 12.